The zero-order chi connectivity index (χ0) is 12.8. The Morgan fingerprint density at radius 1 is 1.24 bits per heavy atom. The number of nitrogens with two attached hydrogens (primary N) is 1. The summed E-state index contributed by atoms with van der Waals surface area (Å²) in [6.07, 6.45) is 5.18. The van der Waals surface area contributed by atoms with Gasteiger partial charge < -0.3 is 10.6 Å². The molecule has 0 heterocycles. The van der Waals surface area contributed by atoms with Crippen LogP contribution in [0.15, 0.2) is 0 Å². The minimum atomic E-state index is 0.441. The molecule has 2 heteroatoms. The van der Waals surface area contributed by atoms with Crippen LogP contribution in [-0.4, -0.2) is 30.6 Å². The monoisotopic (exact) mass is 240 g/mol. The largest absolute Gasteiger partial charge is 0.327 e. The van der Waals surface area contributed by atoms with E-state index >= 15 is 0 Å². The molecule has 102 valence electrons. The topological polar surface area (TPSA) is 29.3 Å². The van der Waals surface area contributed by atoms with Gasteiger partial charge in [0.25, 0.3) is 0 Å². The summed E-state index contributed by atoms with van der Waals surface area (Å²) in [6.45, 7) is 12.9. The SMILES string of the molecule is CCCN(CC)CC1CC(C(C)C)CCC1N. The van der Waals surface area contributed by atoms with Crippen molar-refractivity contribution in [2.24, 2.45) is 23.5 Å². The highest BCUT2D eigenvalue weighted by Gasteiger charge is 2.30. The average Bonchev–Trinajstić information content (AvgIpc) is 2.30. The van der Waals surface area contributed by atoms with Gasteiger partial charge in [0.05, 0.1) is 0 Å². The normalized spacial score (nSPS) is 30.2. The first-order valence-electron chi connectivity index (χ1n) is 7.56. The van der Waals surface area contributed by atoms with Gasteiger partial charge in [-0.3, -0.25) is 0 Å². The lowest BCUT2D eigenvalue weighted by Gasteiger charge is -2.38. The molecule has 17 heavy (non-hydrogen) atoms. The molecule has 3 atom stereocenters. The summed E-state index contributed by atoms with van der Waals surface area (Å²) in [5, 5.41) is 0. The summed E-state index contributed by atoms with van der Waals surface area (Å²) in [5.74, 6) is 2.45. The van der Waals surface area contributed by atoms with Gasteiger partial charge >= 0.3 is 0 Å². The Morgan fingerprint density at radius 3 is 2.47 bits per heavy atom. The first-order valence-corrected chi connectivity index (χ1v) is 7.56. The van der Waals surface area contributed by atoms with Gasteiger partial charge in [-0.05, 0) is 56.5 Å². The van der Waals surface area contributed by atoms with Crippen LogP contribution in [0, 0.1) is 17.8 Å². The molecule has 0 saturated heterocycles. The van der Waals surface area contributed by atoms with E-state index < -0.39 is 0 Å². The maximum absolute atomic E-state index is 6.31. The van der Waals surface area contributed by atoms with Gasteiger partial charge in [0.15, 0.2) is 0 Å². The quantitative estimate of drug-likeness (QED) is 0.773. The molecule has 0 aromatic carbocycles. The summed E-state index contributed by atoms with van der Waals surface area (Å²) in [7, 11) is 0. The highest BCUT2D eigenvalue weighted by molar-refractivity contribution is 4.85. The van der Waals surface area contributed by atoms with E-state index in [0.717, 1.165) is 17.8 Å². The van der Waals surface area contributed by atoms with Gasteiger partial charge in [-0.2, -0.15) is 0 Å². The van der Waals surface area contributed by atoms with E-state index in [1.807, 2.05) is 0 Å². The Labute approximate surface area is 108 Å². The predicted octanol–water partition coefficient (Wildman–Crippen LogP) is 3.12. The van der Waals surface area contributed by atoms with Crippen LogP contribution in [0.4, 0.5) is 0 Å². The minimum absolute atomic E-state index is 0.441. The van der Waals surface area contributed by atoms with Crippen LogP contribution >= 0.6 is 0 Å². The van der Waals surface area contributed by atoms with Gasteiger partial charge in [0.2, 0.25) is 0 Å². The van der Waals surface area contributed by atoms with E-state index in [1.54, 1.807) is 0 Å². The third-order valence-electron chi connectivity index (χ3n) is 4.50. The number of nitrogens with zero attached hydrogens (tertiary/aromatic N) is 1. The Kier molecular flexibility index (Phi) is 6.50. The molecule has 1 fully saturated rings. The van der Waals surface area contributed by atoms with Crippen molar-refractivity contribution in [3.63, 3.8) is 0 Å². The van der Waals surface area contributed by atoms with Gasteiger partial charge in [-0.1, -0.05) is 27.7 Å². The maximum Gasteiger partial charge on any atom is 0.00795 e. The number of hydrogen-bond donors (Lipinski definition) is 1. The van der Waals surface area contributed by atoms with E-state index in [-0.39, 0.29) is 0 Å². The molecule has 0 aliphatic heterocycles. The zero-order valence-electron chi connectivity index (χ0n) is 12.3. The predicted molar refractivity (Wildman–Crippen MR) is 76.0 cm³/mol. The van der Waals surface area contributed by atoms with Crippen molar-refractivity contribution in [2.75, 3.05) is 19.6 Å². The van der Waals surface area contributed by atoms with Crippen molar-refractivity contribution in [3.05, 3.63) is 0 Å². The van der Waals surface area contributed by atoms with Crippen LogP contribution in [0.2, 0.25) is 0 Å². The molecule has 3 unspecified atom stereocenters. The van der Waals surface area contributed by atoms with Gasteiger partial charge in [-0.25, -0.2) is 0 Å². The lowest BCUT2D eigenvalue weighted by Crippen LogP contribution is -2.44. The first-order chi connectivity index (χ1) is 8.08. The Hall–Kier alpha value is -0.0800. The van der Waals surface area contributed by atoms with Crippen LogP contribution in [0.1, 0.15) is 53.4 Å². The van der Waals surface area contributed by atoms with Crippen molar-refractivity contribution in [2.45, 2.75) is 59.4 Å². The third kappa shape index (κ3) is 4.59. The molecule has 0 amide bonds. The highest BCUT2D eigenvalue weighted by Crippen LogP contribution is 2.33. The molecule has 1 rings (SSSR count). The maximum atomic E-state index is 6.31. The van der Waals surface area contributed by atoms with Crippen LogP contribution in [0.25, 0.3) is 0 Å². The fraction of sp³-hybridized carbons (Fsp3) is 1.00. The van der Waals surface area contributed by atoms with Crippen molar-refractivity contribution < 1.29 is 0 Å². The molecule has 2 nitrogen and oxygen atoms in total. The first kappa shape index (κ1) is 15.0. The van der Waals surface area contributed by atoms with E-state index in [0.29, 0.717) is 6.04 Å². The molecular weight excluding hydrogens is 208 g/mol. The Balaban J connectivity index is 2.48. The Bertz CT molecular complexity index is 203. The molecule has 0 spiro atoms. The highest BCUT2D eigenvalue weighted by atomic mass is 15.1. The zero-order valence-corrected chi connectivity index (χ0v) is 12.3. The van der Waals surface area contributed by atoms with Gasteiger partial charge in [-0.15, -0.1) is 0 Å². The van der Waals surface area contributed by atoms with Crippen molar-refractivity contribution in [1.82, 2.24) is 4.90 Å². The smallest absolute Gasteiger partial charge is 0.00795 e. The second-order valence-corrected chi connectivity index (χ2v) is 6.13. The number of rotatable bonds is 6. The van der Waals surface area contributed by atoms with Crippen molar-refractivity contribution in [1.29, 1.82) is 0 Å². The van der Waals surface area contributed by atoms with Crippen molar-refractivity contribution in [3.8, 4) is 0 Å². The molecule has 1 aliphatic rings. The summed E-state index contributed by atoms with van der Waals surface area (Å²) in [6, 6.07) is 0.441. The molecule has 0 aromatic rings. The lowest BCUT2D eigenvalue weighted by atomic mass is 9.73. The molecule has 0 aromatic heterocycles. The molecule has 2 N–H and O–H groups in total. The van der Waals surface area contributed by atoms with Gasteiger partial charge in [0, 0.05) is 12.6 Å². The molecule has 0 radical (unpaired) electrons. The summed E-state index contributed by atoms with van der Waals surface area (Å²) < 4.78 is 0. The summed E-state index contributed by atoms with van der Waals surface area (Å²) >= 11 is 0. The standard InChI is InChI=1S/C15H32N2/c1-5-9-17(6-2)11-14-10-13(12(3)4)7-8-15(14)16/h12-15H,5-11,16H2,1-4H3. The average molecular weight is 240 g/mol. The molecular formula is C15H32N2. The van der Waals surface area contributed by atoms with Gasteiger partial charge in [0.1, 0.15) is 0 Å². The molecule has 0 bridgehead atoms. The number of hydrogen-bond acceptors (Lipinski definition) is 2. The van der Waals surface area contributed by atoms with E-state index in [9.17, 15) is 0 Å². The fourth-order valence-electron chi connectivity index (χ4n) is 3.17. The van der Waals surface area contributed by atoms with E-state index in [4.69, 9.17) is 5.73 Å². The van der Waals surface area contributed by atoms with Crippen LogP contribution in [0.3, 0.4) is 0 Å². The minimum Gasteiger partial charge on any atom is -0.327 e. The van der Waals surface area contributed by atoms with Crippen LogP contribution in [0.5, 0.6) is 0 Å². The van der Waals surface area contributed by atoms with Crippen LogP contribution < -0.4 is 5.73 Å². The fourth-order valence-corrected chi connectivity index (χ4v) is 3.17. The van der Waals surface area contributed by atoms with E-state index in [2.05, 4.69) is 32.6 Å². The lowest BCUT2D eigenvalue weighted by molar-refractivity contribution is 0.139. The molecule has 1 aliphatic carbocycles. The van der Waals surface area contributed by atoms with Crippen LogP contribution in [-0.2, 0) is 0 Å². The van der Waals surface area contributed by atoms with E-state index in [1.165, 1.54) is 45.3 Å². The van der Waals surface area contributed by atoms with Crippen molar-refractivity contribution >= 4 is 0 Å². The summed E-state index contributed by atoms with van der Waals surface area (Å²) in [5.41, 5.74) is 6.31. The second-order valence-electron chi connectivity index (χ2n) is 6.13. The second kappa shape index (κ2) is 7.38. The molecule has 1 saturated carbocycles. The summed E-state index contributed by atoms with van der Waals surface area (Å²) in [4.78, 5) is 2.58. The Morgan fingerprint density at radius 2 is 1.94 bits per heavy atom. The third-order valence-corrected chi connectivity index (χ3v) is 4.50.